The van der Waals surface area contributed by atoms with Crippen molar-refractivity contribution >= 4 is 53.1 Å². The van der Waals surface area contributed by atoms with Gasteiger partial charge >= 0.3 is 0 Å². The average Bonchev–Trinajstić information content (AvgIpc) is 3.16. The highest BCUT2D eigenvalue weighted by molar-refractivity contribution is 7.09. The number of aryl methyl sites for hydroxylation is 2. The van der Waals surface area contributed by atoms with Crippen molar-refractivity contribution in [3.8, 4) is 0 Å². The van der Waals surface area contributed by atoms with Crippen molar-refractivity contribution in [1.82, 2.24) is 19.9 Å². The minimum atomic E-state index is -0.123. The summed E-state index contributed by atoms with van der Waals surface area (Å²) in [6, 6.07) is 8.10. The van der Waals surface area contributed by atoms with Crippen LogP contribution in [0.2, 0.25) is 0 Å². The Morgan fingerprint density at radius 2 is 2.04 bits per heavy atom. The number of benzene rings is 1. The van der Waals surface area contributed by atoms with Gasteiger partial charge in [-0.15, -0.1) is 36.2 Å². The van der Waals surface area contributed by atoms with E-state index in [2.05, 4.69) is 25.9 Å². The van der Waals surface area contributed by atoms with Crippen molar-refractivity contribution in [2.45, 2.75) is 26.3 Å². The SMILES string of the molecule is Cc1nc2ccccc2n1CCCNC(=O)c1csc(CCN)n1.Cl.Cl. The van der Waals surface area contributed by atoms with E-state index in [9.17, 15) is 4.79 Å². The maximum atomic E-state index is 12.1. The number of imidazole rings is 1. The Kier molecular flexibility index (Phi) is 9.01. The second-order valence-electron chi connectivity index (χ2n) is 5.57. The molecule has 1 amide bonds. The van der Waals surface area contributed by atoms with E-state index in [0.29, 0.717) is 25.2 Å². The van der Waals surface area contributed by atoms with Crippen LogP contribution in [0.3, 0.4) is 0 Å². The Balaban J connectivity index is 0.00000169. The van der Waals surface area contributed by atoms with E-state index in [0.717, 1.165) is 34.8 Å². The molecule has 3 N–H and O–H groups in total. The van der Waals surface area contributed by atoms with Crippen LogP contribution in [0.1, 0.15) is 27.7 Å². The number of nitrogens with zero attached hydrogens (tertiary/aromatic N) is 3. The van der Waals surface area contributed by atoms with Crippen LogP contribution in [-0.2, 0) is 13.0 Å². The number of aromatic nitrogens is 3. The summed E-state index contributed by atoms with van der Waals surface area (Å²) < 4.78 is 2.18. The maximum absolute atomic E-state index is 12.1. The fraction of sp³-hybridized carbons (Fsp3) is 0.353. The molecule has 3 aromatic rings. The third-order valence-electron chi connectivity index (χ3n) is 3.83. The highest BCUT2D eigenvalue weighted by Gasteiger charge is 2.10. The lowest BCUT2D eigenvalue weighted by atomic mass is 10.3. The minimum Gasteiger partial charge on any atom is -0.351 e. The summed E-state index contributed by atoms with van der Waals surface area (Å²) in [6.45, 7) is 3.98. The molecule has 0 saturated heterocycles. The summed E-state index contributed by atoms with van der Waals surface area (Å²) in [6.07, 6.45) is 1.55. The minimum absolute atomic E-state index is 0. The van der Waals surface area contributed by atoms with Gasteiger partial charge in [0.05, 0.1) is 16.0 Å². The number of thiazole rings is 1. The molecule has 1 aromatic carbocycles. The Morgan fingerprint density at radius 1 is 1.27 bits per heavy atom. The molecular formula is C17H23Cl2N5OS. The summed E-state index contributed by atoms with van der Waals surface area (Å²) in [7, 11) is 0. The zero-order valence-corrected chi connectivity index (χ0v) is 16.9. The Labute approximate surface area is 169 Å². The number of nitrogens with two attached hydrogens (primary N) is 1. The van der Waals surface area contributed by atoms with Gasteiger partial charge in [0.15, 0.2) is 0 Å². The Morgan fingerprint density at radius 3 is 2.81 bits per heavy atom. The number of fused-ring (bicyclic) bond motifs is 1. The van der Waals surface area contributed by atoms with Crippen LogP contribution in [0.25, 0.3) is 11.0 Å². The molecule has 0 atom stereocenters. The zero-order valence-electron chi connectivity index (χ0n) is 14.5. The first-order chi connectivity index (χ1) is 11.7. The van der Waals surface area contributed by atoms with E-state index in [-0.39, 0.29) is 30.7 Å². The van der Waals surface area contributed by atoms with Crippen LogP contribution >= 0.6 is 36.2 Å². The molecule has 9 heteroatoms. The molecular weight excluding hydrogens is 393 g/mol. The van der Waals surface area contributed by atoms with Crippen molar-refractivity contribution in [1.29, 1.82) is 0 Å². The highest BCUT2D eigenvalue weighted by Crippen LogP contribution is 2.15. The van der Waals surface area contributed by atoms with E-state index in [1.54, 1.807) is 5.38 Å². The van der Waals surface area contributed by atoms with Crippen LogP contribution in [0.15, 0.2) is 29.6 Å². The molecule has 0 radical (unpaired) electrons. The number of hydrogen-bond donors (Lipinski definition) is 2. The molecule has 142 valence electrons. The van der Waals surface area contributed by atoms with Gasteiger partial charge < -0.3 is 15.6 Å². The predicted octanol–water partition coefficient (Wildman–Crippen LogP) is 2.97. The number of para-hydroxylation sites is 2. The van der Waals surface area contributed by atoms with Gasteiger partial charge in [-0.25, -0.2) is 9.97 Å². The molecule has 0 aliphatic heterocycles. The number of nitrogens with one attached hydrogen (secondary N) is 1. The lowest BCUT2D eigenvalue weighted by molar-refractivity contribution is 0.0948. The number of halogens is 2. The van der Waals surface area contributed by atoms with Gasteiger partial charge in [0, 0.05) is 24.9 Å². The third-order valence-corrected chi connectivity index (χ3v) is 4.74. The predicted molar refractivity (Wildman–Crippen MR) is 111 cm³/mol. The first-order valence-corrected chi connectivity index (χ1v) is 8.91. The van der Waals surface area contributed by atoms with Crippen molar-refractivity contribution in [2.75, 3.05) is 13.1 Å². The quantitative estimate of drug-likeness (QED) is 0.580. The smallest absolute Gasteiger partial charge is 0.270 e. The average molecular weight is 416 g/mol. The van der Waals surface area contributed by atoms with Crippen LogP contribution < -0.4 is 11.1 Å². The molecule has 26 heavy (non-hydrogen) atoms. The fourth-order valence-electron chi connectivity index (χ4n) is 2.66. The molecule has 0 spiro atoms. The third kappa shape index (κ3) is 5.17. The van der Waals surface area contributed by atoms with E-state index < -0.39 is 0 Å². The number of carbonyl (C=O) groups excluding carboxylic acids is 1. The topological polar surface area (TPSA) is 85.8 Å². The summed E-state index contributed by atoms with van der Waals surface area (Å²) in [5.74, 6) is 0.871. The lowest BCUT2D eigenvalue weighted by Gasteiger charge is -2.07. The second-order valence-corrected chi connectivity index (χ2v) is 6.52. The number of hydrogen-bond acceptors (Lipinski definition) is 5. The summed E-state index contributed by atoms with van der Waals surface area (Å²) in [4.78, 5) is 20.9. The van der Waals surface area contributed by atoms with Crippen molar-refractivity contribution in [3.05, 3.63) is 46.2 Å². The molecule has 3 rings (SSSR count). The largest absolute Gasteiger partial charge is 0.351 e. The van der Waals surface area contributed by atoms with Crippen molar-refractivity contribution in [2.24, 2.45) is 5.73 Å². The zero-order chi connectivity index (χ0) is 16.9. The van der Waals surface area contributed by atoms with E-state index in [1.807, 2.05) is 25.1 Å². The lowest BCUT2D eigenvalue weighted by Crippen LogP contribution is -2.25. The van der Waals surface area contributed by atoms with Crippen molar-refractivity contribution < 1.29 is 4.79 Å². The molecule has 0 fully saturated rings. The number of amides is 1. The summed E-state index contributed by atoms with van der Waals surface area (Å²) >= 11 is 1.48. The molecule has 0 saturated carbocycles. The van der Waals surface area contributed by atoms with Gasteiger partial charge in [-0.3, -0.25) is 4.79 Å². The highest BCUT2D eigenvalue weighted by atomic mass is 35.5. The van der Waals surface area contributed by atoms with E-state index in [4.69, 9.17) is 5.73 Å². The maximum Gasteiger partial charge on any atom is 0.270 e. The fourth-order valence-corrected chi connectivity index (χ4v) is 3.46. The second kappa shape index (κ2) is 10.5. The van der Waals surface area contributed by atoms with Gasteiger partial charge in [-0.05, 0) is 32.0 Å². The first kappa shape index (κ1) is 22.4. The molecule has 6 nitrogen and oxygen atoms in total. The van der Waals surface area contributed by atoms with Gasteiger partial charge in [-0.2, -0.15) is 0 Å². The summed E-state index contributed by atoms with van der Waals surface area (Å²) in [5.41, 5.74) is 8.12. The Hall–Kier alpha value is -1.67. The normalized spacial score (nSPS) is 10.2. The van der Waals surface area contributed by atoms with Crippen LogP contribution in [0.4, 0.5) is 0 Å². The van der Waals surface area contributed by atoms with Crippen molar-refractivity contribution in [3.63, 3.8) is 0 Å². The van der Waals surface area contributed by atoms with Crippen LogP contribution in [-0.4, -0.2) is 33.5 Å². The molecule has 2 heterocycles. The molecule has 0 bridgehead atoms. The van der Waals surface area contributed by atoms with Gasteiger partial charge in [0.25, 0.3) is 5.91 Å². The monoisotopic (exact) mass is 415 g/mol. The number of rotatable bonds is 7. The first-order valence-electron chi connectivity index (χ1n) is 8.03. The van der Waals surface area contributed by atoms with Crippen LogP contribution in [0.5, 0.6) is 0 Å². The standard InChI is InChI=1S/C17H21N5OS.2ClH/c1-12-20-13-5-2-3-6-15(13)22(12)10-4-9-19-17(23)14-11-24-16(21-14)7-8-18;;/h2-3,5-6,11H,4,7-10,18H2,1H3,(H,19,23);2*1H. The molecule has 2 aromatic heterocycles. The summed E-state index contributed by atoms with van der Waals surface area (Å²) in [5, 5.41) is 5.62. The van der Waals surface area contributed by atoms with Gasteiger partial charge in [0.1, 0.15) is 11.5 Å². The molecule has 0 unspecified atom stereocenters. The number of carbonyl (C=O) groups is 1. The molecule has 0 aliphatic carbocycles. The van der Waals surface area contributed by atoms with Crippen LogP contribution in [0, 0.1) is 6.92 Å². The van der Waals surface area contributed by atoms with Gasteiger partial charge in [0.2, 0.25) is 0 Å². The Bertz CT molecular complexity index is 849. The molecule has 0 aliphatic rings. The van der Waals surface area contributed by atoms with Gasteiger partial charge in [-0.1, -0.05) is 12.1 Å². The van der Waals surface area contributed by atoms with E-state index >= 15 is 0 Å². The van der Waals surface area contributed by atoms with E-state index in [1.165, 1.54) is 11.3 Å².